The van der Waals surface area contributed by atoms with Crippen LogP contribution in [0, 0.1) is 17.5 Å². The summed E-state index contributed by atoms with van der Waals surface area (Å²) < 4.78 is 49.4. The van der Waals surface area contributed by atoms with Gasteiger partial charge in [-0.3, -0.25) is 4.79 Å². The van der Waals surface area contributed by atoms with Crippen LogP contribution in [-0.2, 0) is 11.2 Å². The monoisotopic (exact) mass is 329 g/mol. The molecule has 0 unspecified atom stereocenters. The summed E-state index contributed by atoms with van der Waals surface area (Å²) >= 11 is 0. The van der Waals surface area contributed by atoms with Crippen LogP contribution in [-0.4, -0.2) is 29.8 Å². The second-order valence-corrected chi connectivity index (χ2v) is 4.73. The lowest BCUT2D eigenvalue weighted by molar-refractivity contribution is 0.0927. The van der Waals surface area contributed by atoms with Gasteiger partial charge >= 0.3 is 0 Å². The molecular formula is C14H14F3N3O3. The van der Waals surface area contributed by atoms with E-state index in [2.05, 4.69) is 15.5 Å². The summed E-state index contributed by atoms with van der Waals surface area (Å²) in [6.07, 6.45) is 0.429. The Balaban J connectivity index is 2.07. The zero-order chi connectivity index (χ0) is 17.0. The highest BCUT2D eigenvalue weighted by Crippen LogP contribution is 2.16. The number of hydrogen-bond donors (Lipinski definition) is 1. The van der Waals surface area contributed by atoms with Crippen molar-refractivity contribution in [1.29, 1.82) is 0 Å². The van der Waals surface area contributed by atoms with E-state index < -0.39 is 35.0 Å². The molecule has 0 aliphatic rings. The van der Waals surface area contributed by atoms with Crippen LogP contribution < -0.4 is 5.32 Å². The summed E-state index contributed by atoms with van der Waals surface area (Å²) in [7, 11) is 1.53. The summed E-state index contributed by atoms with van der Waals surface area (Å²) in [6, 6.07) is 0.0634. The molecule has 2 aromatic rings. The number of ether oxygens (including phenoxy) is 1. The van der Waals surface area contributed by atoms with Gasteiger partial charge in [-0.25, -0.2) is 13.2 Å². The summed E-state index contributed by atoms with van der Waals surface area (Å²) in [5.41, 5.74) is -0.616. The number of benzene rings is 1. The third-order valence-electron chi connectivity index (χ3n) is 2.99. The van der Waals surface area contributed by atoms with E-state index in [1.54, 1.807) is 0 Å². The van der Waals surface area contributed by atoms with Crippen molar-refractivity contribution < 1.29 is 27.2 Å². The largest absolute Gasteiger partial charge is 0.384 e. The zero-order valence-electron chi connectivity index (χ0n) is 12.4. The minimum absolute atomic E-state index is 0.104. The third kappa shape index (κ3) is 4.07. The van der Waals surface area contributed by atoms with Gasteiger partial charge < -0.3 is 14.6 Å². The summed E-state index contributed by atoms with van der Waals surface area (Å²) in [4.78, 5) is 16.0. The molecule has 1 aromatic carbocycles. The number of amides is 1. The number of carbonyl (C=O) groups excluding carboxylic acids is 1. The number of aromatic nitrogens is 2. The Kier molecular flexibility index (Phi) is 5.32. The van der Waals surface area contributed by atoms with E-state index in [4.69, 9.17) is 9.26 Å². The standard InChI is InChI=1S/C14H14F3N3O3/c1-7(14-19-12(20-23-14)3-4-22-2)18-13(21)8-5-10(16)11(17)6-9(8)15/h5-7H,3-4H2,1-2H3,(H,18,21)/t7-/m0/s1. The maximum Gasteiger partial charge on any atom is 0.255 e. The van der Waals surface area contributed by atoms with Crippen molar-refractivity contribution in [1.82, 2.24) is 15.5 Å². The van der Waals surface area contributed by atoms with Gasteiger partial charge in [-0.05, 0) is 13.0 Å². The molecular weight excluding hydrogens is 315 g/mol. The van der Waals surface area contributed by atoms with E-state index in [1.165, 1.54) is 14.0 Å². The first-order valence-electron chi connectivity index (χ1n) is 6.69. The van der Waals surface area contributed by atoms with Crippen molar-refractivity contribution in [3.05, 3.63) is 46.9 Å². The Bertz CT molecular complexity index is 706. The average Bonchev–Trinajstić information content (AvgIpc) is 2.97. The van der Waals surface area contributed by atoms with Gasteiger partial charge in [-0.2, -0.15) is 4.98 Å². The second kappa shape index (κ2) is 7.23. The molecule has 0 saturated heterocycles. The van der Waals surface area contributed by atoms with Crippen LogP contribution in [0.25, 0.3) is 0 Å². The SMILES string of the molecule is COCCc1noc([C@H](C)NC(=O)c2cc(F)c(F)cc2F)n1. The highest BCUT2D eigenvalue weighted by molar-refractivity contribution is 5.94. The number of methoxy groups -OCH3 is 1. The highest BCUT2D eigenvalue weighted by Gasteiger charge is 2.21. The molecule has 0 spiro atoms. The second-order valence-electron chi connectivity index (χ2n) is 4.73. The summed E-state index contributed by atoms with van der Waals surface area (Å²) in [5.74, 6) is -4.28. The Morgan fingerprint density at radius 3 is 2.70 bits per heavy atom. The van der Waals surface area contributed by atoms with Crippen molar-refractivity contribution in [3.63, 3.8) is 0 Å². The fourth-order valence-electron chi connectivity index (χ4n) is 1.77. The van der Waals surface area contributed by atoms with Crippen molar-refractivity contribution in [2.45, 2.75) is 19.4 Å². The van der Waals surface area contributed by atoms with Crippen LogP contribution in [0.2, 0.25) is 0 Å². The third-order valence-corrected chi connectivity index (χ3v) is 2.99. The van der Waals surface area contributed by atoms with Crippen molar-refractivity contribution >= 4 is 5.91 Å². The van der Waals surface area contributed by atoms with Crippen molar-refractivity contribution in [3.8, 4) is 0 Å². The molecule has 1 N–H and O–H groups in total. The first-order chi connectivity index (χ1) is 10.9. The molecule has 23 heavy (non-hydrogen) atoms. The Hall–Kier alpha value is -2.42. The molecule has 1 heterocycles. The van der Waals surface area contributed by atoms with Crippen LogP contribution >= 0.6 is 0 Å². The fourth-order valence-corrected chi connectivity index (χ4v) is 1.77. The zero-order valence-corrected chi connectivity index (χ0v) is 12.4. The molecule has 1 aromatic heterocycles. The molecule has 0 radical (unpaired) electrons. The van der Waals surface area contributed by atoms with Gasteiger partial charge in [0, 0.05) is 19.6 Å². The molecule has 1 atom stereocenters. The maximum atomic E-state index is 13.5. The van der Waals surface area contributed by atoms with Gasteiger partial charge in [-0.15, -0.1) is 0 Å². The molecule has 0 saturated carbocycles. The lowest BCUT2D eigenvalue weighted by Crippen LogP contribution is -2.28. The molecule has 6 nitrogen and oxygen atoms in total. The van der Waals surface area contributed by atoms with E-state index in [0.29, 0.717) is 31.0 Å². The van der Waals surface area contributed by atoms with Crippen LogP contribution in [0.1, 0.15) is 35.0 Å². The van der Waals surface area contributed by atoms with Gasteiger partial charge in [0.15, 0.2) is 17.5 Å². The lowest BCUT2D eigenvalue weighted by Gasteiger charge is -2.10. The predicted octanol–water partition coefficient (Wildman–Crippen LogP) is 2.17. The van der Waals surface area contributed by atoms with E-state index in [-0.39, 0.29) is 5.89 Å². The van der Waals surface area contributed by atoms with Gasteiger partial charge in [0.25, 0.3) is 5.91 Å². The molecule has 9 heteroatoms. The fraction of sp³-hybridized carbons (Fsp3) is 0.357. The van der Waals surface area contributed by atoms with Crippen molar-refractivity contribution in [2.24, 2.45) is 0 Å². The van der Waals surface area contributed by atoms with E-state index in [0.717, 1.165) is 0 Å². The number of carbonyl (C=O) groups is 1. The quantitative estimate of drug-likeness (QED) is 0.822. The van der Waals surface area contributed by atoms with Crippen LogP contribution in [0.4, 0.5) is 13.2 Å². The van der Waals surface area contributed by atoms with E-state index >= 15 is 0 Å². The lowest BCUT2D eigenvalue weighted by atomic mass is 10.1. The first kappa shape index (κ1) is 16.9. The van der Waals surface area contributed by atoms with Gasteiger partial charge in [0.2, 0.25) is 5.89 Å². The number of halogens is 3. The minimum atomic E-state index is -1.37. The molecule has 0 aliphatic heterocycles. The molecule has 0 aliphatic carbocycles. The number of nitrogens with one attached hydrogen (secondary N) is 1. The van der Waals surface area contributed by atoms with Crippen LogP contribution in [0.15, 0.2) is 16.7 Å². The van der Waals surface area contributed by atoms with Gasteiger partial charge in [0.05, 0.1) is 12.2 Å². The minimum Gasteiger partial charge on any atom is -0.384 e. The van der Waals surface area contributed by atoms with E-state index in [9.17, 15) is 18.0 Å². The Morgan fingerprint density at radius 1 is 1.30 bits per heavy atom. The van der Waals surface area contributed by atoms with Crippen LogP contribution in [0.5, 0.6) is 0 Å². The Morgan fingerprint density at radius 2 is 2.00 bits per heavy atom. The average molecular weight is 329 g/mol. The number of nitrogens with zero attached hydrogens (tertiary/aromatic N) is 2. The van der Waals surface area contributed by atoms with Gasteiger partial charge in [0.1, 0.15) is 11.9 Å². The highest BCUT2D eigenvalue weighted by atomic mass is 19.2. The number of rotatable bonds is 6. The van der Waals surface area contributed by atoms with Gasteiger partial charge in [-0.1, -0.05) is 5.16 Å². The summed E-state index contributed by atoms with van der Waals surface area (Å²) in [5, 5.41) is 6.07. The molecule has 1 amide bonds. The predicted molar refractivity (Wildman–Crippen MR) is 72.1 cm³/mol. The topological polar surface area (TPSA) is 77.3 Å². The summed E-state index contributed by atoms with van der Waals surface area (Å²) in [6.45, 7) is 1.93. The maximum absolute atomic E-state index is 13.5. The molecule has 0 fully saturated rings. The number of hydrogen-bond acceptors (Lipinski definition) is 5. The molecule has 124 valence electrons. The first-order valence-corrected chi connectivity index (χ1v) is 6.69. The Labute approximate surface area is 129 Å². The molecule has 0 bridgehead atoms. The normalized spacial score (nSPS) is 12.2. The van der Waals surface area contributed by atoms with Crippen LogP contribution in [0.3, 0.4) is 0 Å². The smallest absolute Gasteiger partial charge is 0.255 e. The molecule has 2 rings (SSSR count). The van der Waals surface area contributed by atoms with E-state index in [1.807, 2.05) is 0 Å². The van der Waals surface area contributed by atoms with Crippen molar-refractivity contribution in [2.75, 3.05) is 13.7 Å².